The molecule has 28 heavy (non-hydrogen) atoms. The van der Waals surface area contributed by atoms with Crippen molar-refractivity contribution in [2.75, 3.05) is 0 Å². The van der Waals surface area contributed by atoms with E-state index in [4.69, 9.17) is 5.73 Å². The number of halogens is 2. The molecule has 0 bridgehead atoms. The molecule has 2 aromatic heterocycles. The Morgan fingerprint density at radius 3 is 2.46 bits per heavy atom. The van der Waals surface area contributed by atoms with E-state index in [1.54, 1.807) is 26.0 Å². The minimum Gasteiger partial charge on any atom is -0.364 e. The van der Waals surface area contributed by atoms with Crippen molar-refractivity contribution in [3.63, 3.8) is 0 Å². The van der Waals surface area contributed by atoms with Crippen molar-refractivity contribution in [3.05, 3.63) is 62.4 Å². The van der Waals surface area contributed by atoms with Gasteiger partial charge in [-0.15, -0.1) is 5.10 Å². The topological polar surface area (TPSA) is 129 Å². The number of carbonyl (C=O) groups is 2. The number of nitrogens with one attached hydrogen (secondary N) is 1. The number of carbonyl (C=O) groups excluding carboxylic acids is 2. The third kappa shape index (κ3) is 4.42. The van der Waals surface area contributed by atoms with Crippen molar-refractivity contribution in [1.29, 1.82) is 0 Å². The van der Waals surface area contributed by atoms with Crippen LogP contribution in [0.1, 0.15) is 45.5 Å². The average molecular weight is 509 g/mol. The second kappa shape index (κ2) is 8.15. The molecule has 0 spiro atoms. The highest BCUT2D eigenvalue weighted by Crippen LogP contribution is 2.21. The fourth-order valence-corrected chi connectivity index (χ4v) is 3.80. The van der Waals surface area contributed by atoms with Crippen LogP contribution in [0.3, 0.4) is 0 Å². The molecule has 2 amide bonds. The molecule has 11 heteroatoms. The fourth-order valence-electron chi connectivity index (χ4n) is 2.51. The highest BCUT2D eigenvalue weighted by molar-refractivity contribution is 9.11. The first-order valence-corrected chi connectivity index (χ1v) is 9.66. The van der Waals surface area contributed by atoms with Crippen LogP contribution in [0.4, 0.5) is 0 Å². The number of aromatic nitrogens is 5. The van der Waals surface area contributed by atoms with Crippen LogP contribution in [0.2, 0.25) is 0 Å². The van der Waals surface area contributed by atoms with Crippen LogP contribution >= 0.6 is 31.9 Å². The Hall–Kier alpha value is -2.66. The molecule has 0 saturated heterocycles. The van der Waals surface area contributed by atoms with Gasteiger partial charge in [-0.1, -0.05) is 31.9 Å². The van der Waals surface area contributed by atoms with Gasteiger partial charge in [0.25, 0.3) is 11.8 Å². The van der Waals surface area contributed by atoms with Crippen LogP contribution in [0.5, 0.6) is 0 Å². The van der Waals surface area contributed by atoms with Crippen LogP contribution in [-0.4, -0.2) is 36.5 Å². The zero-order valence-electron chi connectivity index (χ0n) is 14.8. The van der Waals surface area contributed by atoms with Gasteiger partial charge in [0.2, 0.25) is 0 Å². The predicted octanol–water partition coefficient (Wildman–Crippen LogP) is 2.48. The van der Waals surface area contributed by atoms with Gasteiger partial charge in [-0.25, -0.2) is 15.0 Å². The van der Waals surface area contributed by atoms with Crippen molar-refractivity contribution < 1.29 is 9.59 Å². The lowest BCUT2D eigenvalue weighted by atomic mass is 10.2. The van der Waals surface area contributed by atoms with Gasteiger partial charge >= 0.3 is 0 Å². The molecule has 144 valence electrons. The summed E-state index contributed by atoms with van der Waals surface area (Å²) in [7, 11) is 0. The first-order valence-electron chi connectivity index (χ1n) is 8.07. The lowest BCUT2D eigenvalue weighted by molar-refractivity contribution is 0.0936. The zero-order valence-corrected chi connectivity index (χ0v) is 18.0. The first kappa shape index (κ1) is 20.1. The minimum absolute atomic E-state index is 0.0553. The van der Waals surface area contributed by atoms with E-state index in [9.17, 15) is 9.59 Å². The molecule has 3 N–H and O–H groups in total. The van der Waals surface area contributed by atoms with Crippen LogP contribution in [-0.2, 0) is 0 Å². The monoisotopic (exact) mass is 507 g/mol. The van der Waals surface area contributed by atoms with Crippen molar-refractivity contribution in [2.45, 2.75) is 19.9 Å². The number of primary amides is 1. The molecule has 3 rings (SSSR count). The van der Waals surface area contributed by atoms with Gasteiger partial charge in [-0.3, -0.25) is 9.59 Å². The van der Waals surface area contributed by atoms with Gasteiger partial charge in [0.05, 0.1) is 6.04 Å². The molecule has 0 aliphatic rings. The summed E-state index contributed by atoms with van der Waals surface area (Å²) in [6.07, 6.45) is 1.22. The summed E-state index contributed by atoms with van der Waals surface area (Å²) in [5.74, 6) is 0.311. The number of hydrogen-bond acceptors (Lipinski definition) is 6. The van der Waals surface area contributed by atoms with E-state index in [0.29, 0.717) is 23.0 Å². The number of amides is 2. The van der Waals surface area contributed by atoms with Gasteiger partial charge < -0.3 is 11.1 Å². The number of aryl methyl sites for hydroxylation is 1. The minimum atomic E-state index is -0.677. The molecular formula is C17H15Br2N7O2. The highest BCUT2D eigenvalue weighted by Gasteiger charge is 2.20. The van der Waals surface area contributed by atoms with Crippen molar-refractivity contribution >= 4 is 43.7 Å². The second-order valence-electron chi connectivity index (χ2n) is 5.91. The number of nitrogens with two attached hydrogens (primary N) is 1. The number of hydrogen-bond donors (Lipinski definition) is 2. The quantitative estimate of drug-likeness (QED) is 0.544. The van der Waals surface area contributed by atoms with E-state index in [1.807, 2.05) is 6.07 Å². The molecule has 1 aromatic carbocycles. The van der Waals surface area contributed by atoms with Crippen molar-refractivity contribution in [3.8, 4) is 5.82 Å². The third-order valence-corrected chi connectivity index (χ3v) is 4.64. The van der Waals surface area contributed by atoms with Crippen molar-refractivity contribution in [1.82, 2.24) is 30.0 Å². The highest BCUT2D eigenvalue weighted by atomic mass is 79.9. The molecule has 1 atom stereocenters. The summed E-state index contributed by atoms with van der Waals surface area (Å²) in [6.45, 7) is 3.50. The van der Waals surface area contributed by atoms with Gasteiger partial charge in [0.15, 0.2) is 11.6 Å². The van der Waals surface area contributed by atoms with Gasteiger partial charge in [-0.05, 0) is 32.0 Å². The SMILES string of the molecule is Cc1nc([C@H](C)NC(=O)c2cc(Br)cc(Br)c2)n(-c2cc(C(N)=O)ncn2)n1. The summed E-state index contributed by atoms with van der Waals surface area (Å²) in [4.78, 5) is 36.4. The Bertz CT molecular complexity index is 1050. The summed E-state index contributed by atoms with van der Waals surface area (Å²) in [6, 6.07) is 6.20. The van der Waals surface area contributed by atoms with Gasteiger partial charge in [-0.2, -0.15) is 4.68 Å². The van der Waals surface area contributed by atoms with E-state index < -0.39 is 11.9 Å². The summed E-state index contributed by atoms with van der Waals surface area (Å²) >= 11 is 6.74. The molecular weight excluding hydrogens is 494 g/mol. The lowest BCUT2D eigenvalue weighted by Gasteiger charge is -2.14. The average Bonchev–Trinajstić information content (AvgIpc) is 3.03. The second-order valence-corrected chi connectivity index (χ2v) is 7.74. The largest absolute Gasteiger partial charge is 0.364 e. The summed E-state index contributed by atoms with van der Waals surface area (Å²) < 4.78 is 3.00. The van der Waals surface area contributed by atoms with Crippen LogP contribution in [0.25, 0.3) is 5.82 Å². The van der Waals surface area contributed by atoms with Crippen LogP contribution in [0, 0.1) is 6.92 Å². The maximum Gasteiger partial charge on any atom is 0.267 e. The number of rotatable bonds is 5. The van der Waals surface area contributed by atoms with Crippen LogP contribution < -0.4 is 11.1 Å². The molecule has 0 aliphatic carbocycles. The summed E-state index contributed by atoms with van der Waals surface area (Å²) in [5, 5.41) is 7.20. The normalized spacial score (nSPS) is 11.9. The van der Waals surface area contributed by atoms with E-state index in [0.717, 1.165) is 8.95 Å². The van der Waals surface area contributed by atoms with Crippen molar-refractivity contribution in [2.24, 2.45) is 5.73 Å². The van der Waals surface area contributed by atoms with E-state index in [-0.39, 0.29) is 11.6 Å². The number of benzene rings is 1. The lowest BCUT2D eigenvalue weighted by Crippen LogP contribution is -2.29. The summed E-state index contributed by atoms with van der Waals surface area (Å²) in [5.41, 5.74) is 5.82. The van der Waals surface area contributed by atoms with Gasteiger partial charge in [0, 0.05) is 20.6 Å². The van der Waals surface area contributed by atoms with Gasteiger partial charge in [0.1, 0.15) is 17.8 Å². The van der Waals surface area contributed by atoms with E-state index in [1.165, 1.54) is 17.1 Å². The Kier molecular flexibility index (Phi) is 5.84. The molecule has 0 unspecified atom stereocenters. The Labute approximate surface area is 177 Å². The molecule has 2 heterocycles. The predicted molar refractivity (Wildman–Crippen MR) is 108 cm³/mol. The molecule has 9 nitrogen and oxygen atoms in total. The third-order valence-electron chi connectivity index (χ3n) is 3.72. The standard InChI is InChI=1S/C17H15Br2N7O2/c1-8(23-17(28)10-3-11(18)5-12(19)4-10)16-24-9(2)25-26(16)14-6-13(15(20)27)21-7-22-14/h3-8H,1-2H3,(H2,20,27)(H,23,28)/t8-/m0/s1. The smallest absolute Gasteiger partial charge is 0.267 e. The molecule has 0 fully saturated rings. The molecule has 0 saturated carbocycles. The van der Waals surface area contributed by atoms with Crippen LogP contribution in [0.15, 0.2) is 39.5 Å². The number of nitrogens with zero attached hydrogens (tertiary/aromatic N) is 5. The maximum absolute atomic E-state index is 12.6. The Balaban J connectivity index is 1.91. The fraction of sp³-hybridized carbons (Fsp3) is 0.176. The Morgan fingerprint density at radius 1 is 1.14 bits per heavy atom. The maximum atomic E-state index is 12.6. The molecule has 0 aliphatic heterocycles. The van der Waals surface area contributed by atoms with E-state index in [2.05, 4.69) is 57.2 Å². The zero-order chi connectivity index (χ0) is 20.4. The molecule has 0 radical (unpaired) electrons. The van der Waals surface area contributed by atoms with E-state index >= 15 is 0 Å². The molecule has 3 aromatic rings. The Morgan fingerprint density at radius 2 is 1.82 bits per heavy atom. The first-order chi connectivity index (χ1) is 13.2.